The number of halogens is 1. The van der Waals surface area contributed by atoms with E-state index in [4.69, 9.17) is 17.3 Å². The third-order valence-electron chi connectivity index (χ3n) is 7.07. The van der Waals surface area contributed by atoms with Gasteiger partial charge in [-0.1, -0.05) is 56.8 Å². The van der Waals surface area contributed by atoms with Crippen LogP contribution >= 0.6 is 11.6 Å². The number of rotatable bonds is 8. The summed E-state index contributed by atoms with van der Waals surface area (Å²) >= 11 is 5.95. The first kappa shape index (κ1) is 25.0. The summed E-state index contributed by atoms with van der Waals surface area (Å²) in [5.41, 5.74) is 6.63. The Morgan fingerprint density at radius 3 is 2.44 bits per heavy atom. The lowest BCUT2D eigenvalue weighted by Crippen LogP contribution is -2.54. The monoisotopic (exact) mass is 463 g/mol. The van der Waals surface area contributed by atoms with E-state index >= 15 is 0 Å². The highest BCUT2D eigenvalue weighted by Gasteiger charge is 2.42. The molecule has 178 valence electrons. The summed E-state index contributed by atoms with van der Waals surface area (Å²) in [4.78, 5) is 30.6. The van der Waals surface area contributed by atoms with Crippen LogP contribution in [0.3, 0.4) is 0 Å². The van der Waals surface area contributed by atoms with E-state index in [2.05, 4.69) is 4.90 Å². The molecule has 1 aromatic carbocycles. The van der Waals surface area contributed by atoms with Crippen LogP contribution in [0.2, 0.25) is 5.02 Å². The number of nitrogens with zero attached hydrogens (tertiary/aromatic N) is 2. The largest absolute Gasteiger partial charge is 0.396 e. The molecule has 3 N–H and O–H groups in total. The molecule has 1 saturated heterocycles. The fourth-order valence-electron chi connectivity index (χ4n) is 5.09. The van der Waals surface area contributed by atoms with Gasteiger partial charge in [0.2, 0.25) is 11.8 Å². The summed E-state index contributed by atoms with van der Waals surface area (Å²) in [7, 11) is 0. The minimum absolute atomic E-state index is 0.00786. The number of carbonyl (C=O) groups excluding carboxylic acids is 2. The van der Waals surface area contributed by atoms with Crippen LogP contribution in [0.15, 0.2) is 24.3 Å². The fourth-order valence-corrected chi connectivity index (χ4v) is 5.22. The normalized spacial score (nSPS) is 20.9. The van der Waals surface area contributed by atoms with E-state index in [9.17, 15) is 14.7 Å². The van der Waals surface area contributed by atoms with Crippen molar-refractivity contribution >= 4 is 23.4 Å². The van der Waals surface area contributed by atoms with E-state index in [0.717, 1.165) is 37.7 Å². The predicted octanol–water partition coefficient (Wildman–Crippen LogP) is 3.38. The Hall–Kier alpha value is -1.63. The standard InChI is InChI=1S/C25H38ClN3O3/c1-25(2,13-15-30)24(32)29(20-6-4-3-5-7-20)21-12-14-28(17-21)23(31)22(27)16-18-8-10-19(26)11-9-18/h8-11,20-22,30H,3-7,12-17,27H2,1-2H3. The van der Waals surface area contributed by atoms with E-state index in [1.165, 1.54) is 6.42 Å². The van der Waals surface area contributed by atoms with Gasteiger partial charge >= 0.3 is 0 Å². The van der Waals surface area contributed by atoms with Gasteiger partial charge in [0, 0.05) is 36.2 Å². The van der Waals surface area contributed by atoms with Gasteiger partial charge in [-0.15, -0.1) is 0 Å². The predicted molar refractivity (Wildman–Crippen MR) is 127 cm³/mol. The molecule has 6 nitrogen and oxygen atoms in total. The van der Waals surface area contributed by atoms with Crippen LogP contribution in [-0.2, 0) is 16.0 Å². The molecule has 1 saturated carbocycles. The summed E-state index contributed by atoms with van der Waals surface area (Å²) in [5.74, 6) is 0.0383. The Labute approximate surface area is 197 Å². The van der Waals surface area contributed by atoms with Crippen molar-refractivity contribution in [2.75, 3.05) is 19.7 Å². The molecule has 0 spiro atoms. The Morgan fingerprint density at radius 1 is 1.16 bits per heavy atom. The molecule has 1 heterocycles. The number of hydrogen-bond acceptors (Lipinski definition) is 4. The lowest BCUT2D eigenvalue weighted by molar-refractivity contribution is -0.147. The Morgan fingerprint density at radius 2 is 1.81 bits per heavy atom. The van der Waals surface area contributed by atoms with Crippen LogP contribution in [-0.4, -0.2) is 64.5 Å². The van der Waals surface area contributed by atoms with Gasteiger partial charge in [0.05, 0.1) is 12.1 Å². The van der Waals surface area contributed by atoms with E-state index in [-0.39, 0.29) is 30.5 Å². The molecule has 0 bridgehead atoms. The number of benzene rings is 1. The second-order valence-corrected chi connectivity index (χ2v) is 10.5. The van der Waals surface area contributed by atoms with Crippen molar-refractivity contribution in [3.8, 4) is 0 Å². The molecule has 7 heteroatoms. The first-order valence-electron chi connectivity index (χ1n) is 12.0. The van der Waals surface area contributed by atoms with Gasteiger partial charge in [-0.3, -0.25) is 9.59 Å². The third kappa shape index (κ3) is 6.03. The van der Waals surface area contributed by atoms with E-state index in [1.807, 2.05) is 43.0 Å². The fraction of sp³-hybridized carbons (Fsp3) is 0.680. The number of likely N-dealkylation sites (tertiary alicyclic amines) is 1. The van der Waals surface area contributed by atoms with E-state index < -0.39 is 11.5 Å². The first-order chi connectivity index (χ1) is 15.2. The molecule has 32 heavy (non-hydrogen) atoms. The molecule has 1 aliphatic carbocycles. The molecular formula is C25H38ClN3O3. The summed E-state index contributed by atoms with van der Waals surface area (Å²) in [6.07, 6.45) is 7.20. The number of nitrogens with two attached hydrogens (primary N) is 1. The molecule has 2 aliphatic rings. The van der Waals surface area contributed by atoms with Crippen LogP contribution in [0.4, 0.5) is 0 Å². The lowest BCUT2D eigenvalue weighted by atomic mass is 9.84. The number of amides is 2. The van der Waals surface area contributed by atoms with Gasteiger partial charge in [0.25, 0.3) is 0 Å². The minimum atomic E-state index is -0.616. The molecule has 2 fully saturated rings. The van der Waals surface area contributed by atoms with Gasteiger partial charge in [-0.25, -0.2) is 0 Å². The Bertz CT molecular complexity index is 777. The zero-order valence-corrected chi connectivity index (χ0v) is 20.2. The smallest absolute Gasteiger partial charge is 0.239 e. The summed E-state index contributed by atoms with van der Waals surface area (Å²) in [6.45, 7) is 4.98. The van der Waals surface area contributed by atoms with Crippen molar-refractivity contribution in [1.29, 1.82) is 0 Å². The second-order valence-electron chi connectivity index (χ2n) is 10.0. The SMILES string of the molecule is CC(C)(CCO)C(=O)N(C1CCCCC1)C1CCN(C(=O)C(N)Cc2ccc(Cl)cc2)C1. The van der Waals surface area contributed by atoms with Crippen molar-refractivity contribution < 1.29 is 14.7 Å². The number of aliphatic hydroxyl groups excluding tert-OH is 1. The van der Waals surface area contributed by atoms with Crippen molar-refractivity contribution in [3.05, 3.63) is 34.9 Å². The van der Waals surface area contributed by atoms with E-state index in [0.29, 0.717) is 31.0 Å². The summed E-state index contributed by atoms with van der Waals surface area (Å²) in [5, 5.41) is 10.1. The third-order valence-corrected chi connectivity index (χ3v) is 7.32. The first-order valence-corrected chi connectivity index (χ1v) is 12.3. The Balaban J connectivity index is 1.69. The molecular weight excluding hydrogens is 426 g/mol. The molecule has 0 aromatic heterocycles. The summed E-state index contributed by atoms with van der Waals surface area (Å²) < 4.78 is 0. The molecule has 2 amide bonds. The maximum absolute atomic E-state index is 13.6. The highest BCUT2D eigenvalue weighted by Crippen LogP contribution is 2.33. The van der Waals surface area contributed by atoms with Crippen molar-refractivity contribution in [2.24, 2.45) is 11.1 Å². The zero-order valence-electron chi connectivity index (χ0n) is 19.4. The molecule has 1 aliphatic heterocycles. The second kappa shape index (κ2) is 11.0. The van der Waals surface area contributed by atoms with Crippen LogP contribution in [0.1, 0.15) is 64.4 Å². The number of aliphatic hydroxyl groups is 1. The van der Waals surface area contributed by atoms with Crippen LogP contribution in [0.5, 0.6) is 0 Å². The van der Waals surface area contributed by atoms with Crippen LogP contribution < -0.4 is 5.73 Å². The van der Waals surface area contributed by atoms with Crippen LogP contribution in [0.25, 0.3) is 0 Å². The van der Waals surface area contributed by atoms with Crippen molar-refractivity contribution in [2.45, 2.75) is 83.3 Å². The van der Waals surface area contributed by atoms with E-state index in [1.54, 1.807) is 0 Å². The molecule has 1 aromatic rings. The maximum Gasteiger partial charge on any atom is 0.239 e. The topological polar surface area (TPSA) is 86.9 Å². The average Bonchev–Trinajstić information content (AvgIpc) is 3.25. The molecule has 2 atom stereocenters. The number of carbonyl (C=O) groups is 2. The van der Waals surface area contributed by atoms with Crippen molar-refractivity contribution in [3.63, 3.8) is 0 Å². The van der Waals surface area contributed by atoms with Gasteiger partial charge in [-0.05, 0) is 49.8 Å². The van der Waals surface area contributed by atoms with Gasteiger partial charge in [0.1, 0.15) is 0 Å². The zero-order chi connectivity index (χ0) is 23.3. The van der Waals surface area contributed by atoms with Gasteiger partial charge < -0.3 is 20.6 Å². The quantitative estimate of drug-likeness (QED) is 0.618. The molecule has 2 unspecified atom stereocenters. The molecule has 0 radical (unpaired) electrons. The summed E-state index contributed by atoms with van der Waals surface area (Å²) in [6, 6.07) is 7.03. The van der Waals surface area contributed by atoms with Gasteiger partial charge in [0.15, 0.2) is 0 Å². The lowest BCUT2D eigenvalue weighted by Gasteiger charge is -2.42. The highest BCUT2D eigenvalue weighted by atomic mass is 35.5. The highest BCUT2D eigenvalue weighted by molar-refractivity contribution is 6.30. The van der Waals surface area contributed by atoms with Crippen LogP contribution in [0, 0.1) is 5.41 Å². The average molecular weight is 464 g/mol. The number of hydrogen-bond donors (Lipinski definition) is 2. The Kier molecular flexibility index (Phi) is 8.59. The maximum atomic E-state index is 13.6. The molecule has 3 rings (SSSR count). The van der Waals surface area contributed by atoms with Gasteiger partial charge in [-0.2, -0.15) is 0 Å². The minimum Gasteiger partial charge on any atom is -0.396 e. The van der Waals surface area contributed by atoms with Crippen molar-refractivity contribution in [1.82, 2.24) is 9.80 Å².